The van der Waals surface area contributed by atoms with E-state index in [2.05, 4.69) is 5.32 Å². The number of nitro benzene ring substituents is 1. The number of hydrogen-bond acceptors (Lipinski definition) is 8. The van der Waals surface area contributed by atoms with Crippen molar-refractivity contribution in [1.29, 1.82) is 0 Å². The fraction of sp³-hybridized carbons (Fsp3) is 0.421. The standard InChI is InChI=1S/C19H21N3O6S2/c1-12(23)20-7-9-29-8-6-15-17(24)21-16(11-30-18(15)21)19(25)28-10-13-2-4-14(5-3-13)22(26)27/h2-5,11,15,18H,6-10H2,1H3,(H,20,23)/t15?,18-/m0/s1. The molecular formula is C19H21N3O6S2. The number of hydrogen-bond donors (Lipinski definition) is 1. The first kappa shape index (κ1) is 22.2. The van der Waals surface area contributed by atoms with Crippen LogP contribution in [0.25, 0.3) is 0 Å². The van der Waals surface area contributed by atoms with Crippen LogP contribution in [0.3, 0.4) is 0 Å². The molecule has 0 saturated carbocycles. The number of carbonyl (C=O) groups excluding carboxylic acids is 3. The molecule has 0 radical (unpaired) electrons. The number of β-lactam (4-membered cyclic amide) rings is 1. The fourth-order valence-corrected chi connectivity index (χ4v) is 5.22. The van der Waals surface area contributed by atoms with Crippen LogP contribution < -0.4 is 5.32 Å². The minimum absolute atomic E-state index is 0.0279. The summed E-state index contributed by atoms with van der Waals surface area (Å²) in [5.41, 5.74) is 0.834. The second-order valence-corrected chi connectivity index (χ2v) is 8.94. The Hall–Kier alpha value is -2.53. The van der Waals surface area contributed by atoms with Gasteiger partial charge in [-0.1, -0.05) is 0 Å². The molecule has 160 valence electrons. The molecule has 2 amide bonds. The van der Waals surface area contributed by atoms with Crippen molar-refractivity contribution in [3.05, 3.63) is 51.0 Å². The Kier molecular flexibility index (Phi) is 7.38. The molecule has 2 atom stereocenters. The number of amides is 2. The molecule has 1 aromatic rings. The number of benzene rings is 1. The summed E-state index contributed by atoms with van der Waals surface area (Å²) in [5, 5.41) is 15.0. The monoisotopic (exact) mass is 451 g/mol. The summed E-state index contributed by atoms with van der Waals surface area (Å²) in [6, 6.07) is 5.75. The summed E-state index contributed by atoms with van der Waals surface area (Å²) >= 11 is 3.12. The van der Waals surface area contributed by atoms with Gasteiger partial charge >= 0.3 is 5.97 Å². The maximum Gasteiger partial charge on any atom is 0.355 e. The minimum Gasteiger partial charge on any atom is -0.456 e. The molecule has 0 spiro atoms. The first-order valence-corrected chi connectivity index (χ1v) is 11.4. The summed E-state index contributed by atoms with van der Waals surface area (Å²) < 4.78 is 5.27. The zero-order chi connectivity index (χ0) is 21.7. The van der Waals surface area contributed by atoms with Crippen LogP contribution in [-0.2, 0) is 25.7 Å². The molecular weight excluding hydrogens is 430 g/mol. The van der Waals surface area contributed by atoms with Gasteiger partial charge in [0.1, 0.15) is 12.3 Å². The van der Waals surface area contributed by atoms with E-state index in [1.807, 2.05) is 0 Å². The topological polar surface area (TPSA) is 119 Å². The van der Waals surface area contributed by atoms with Gasteiger partial charge in [0.2, 0.25) is 11.8 Å². The average molecular weight is 452 g/mol. The van der Waals surface area contributed by atoms with Gasteiger partial charge in [-0.2, -0.15) is 11.8 Å². The quantitative estimate of drug-likeness (QED) is 0.189. The van der Waals surface area contributed by atoms with E-state index in [-0.39, 0.29) is 41.1 Å². The lowest BCUT2D eigenvalue weighted by Gasteiger charge is -2.42. The van der Waals surface area contributed by atoms with Crippen LogP contribution in [0, 0.1) is 16.0 Å². The Morgan fingerprint density at radius 2 is 2.03 bits per heavy atom. The largest absolute Gasteiger partial charge is 0.456 e. The van der Waals surface area contributed by atoms with Crippen molar-refractivity contribution in [1.82, 2.24) is 10.2 Å². The van der Waals surface area contributed by atoms with Crippen molar-refractivity contribution < 1.29 is 24.0 Å². The summed E-state index contributed by atoms with van der Waals surface area (Å²) in [5.74, 6) is 0.758. The zero-order valence-electron chi connectivity index (χ0n) is 16.2. The van der Waals surface area contributed by atoms with E-state index >= 15 is 0 Å². The molecule has 2 aliphatic rings. The van der Waals surface area contributed by atoms with Gasteiger partial charge < -0.3 is 10.1 Å². The number of nitrogens with zero attached hydrogens (tertiary/aromatic N) is 2. The Morgan fingerprint density at radius 1 is 1.30 bits per heavy atom. The Morgan fingerprint density at radius 3 is 2.70 bits per heavy atom. The van der Waals surface area contributed by atoms with Crippen LogP contribution in [0.15, 0.2) is 35.4 Å². The maximum atomic E-state index is 12.5. The summed E-state index contributed by atoms with van der Waals surface area (Å²) in [4.78, 5) is 47.3. The number of thioether (sulfide) groups is 2. The highest BCUT2D eigenvalue weighted by Gasteiger charge is 2.53. The van der Waals surface area contributed by atoms with Gasteiger partial charge in [-0.25, -0.2) is 4.79 Å². The van der Waals surface area contributed by atoms with Crippen molar-refractivity contribution in [2.24, 2.45) is 5.92 Å². The summed E-state index contributed by atoms with van der Waals surface area (Å²) in [7, 11) is 0. The molecule has 2 heterocycles. The predicted molar refractivity (Wildman–Crippen MR) is 113 cm³/mol. The third-order valence-corrected chi connectivity index (χ3v) is 6.85. The molecule has 11 heteroatoms. The third-order valence-electron chi connectivity index (χ3n) is 4.65. The van der Waals surface area contributed by atoms with Crippen LogP contribution in [0.2, 0.25) is 0 Å². The lowest BCUT2D eigenvalue weighted by molar-refractivity contribution is -0.384. The SMILES string of the molecule is CC(=O)NCCSCCC1C(=O)N2C(C(=O)OCc3ccc([N+](=O)[O-])cc3)=CS[C@@H]12. The van der Waals surface area contributed by atoms with Crippen LogP contribution in [0.1, 0.15) is 18.9 Å². The van der Waals surface area contributed by atoms with E-state index < -0.39 is 10.9 Å². The highest BCUT2D eigenvalue weighted by atomic mass is 32.2. The number of rotatable bonds is 10. The highest BCUT2D eigenvalue weighted by molar-refractivity contribution is 8.03. The van der Waals surface area contributed by atoms with Gasteiger partial charge in [-0.05, 0) is 29.9 Å². The van der Waals surface area contributed by atoms with E-state index in [1.165, 1.54) is 47.9 Å². The number of carbonyl (C=O) groups is 3. The van der Waals surface area contributed by atoms with Crippen LogP contribution in [0.5, 0.6) is 0 Å². The molecule has 1 saturated heterocycles. The number of fused-ring (bicyclic) bond motifs is 1. The zero-order valence-corrected chi connectivity index (χ0v) is 17.9. The molecule has 0 aliphatic carbocycles. The normalized spacial score (nSPS) is 19.6. The molecule has 30 heavy (non-hydrogen) atoms. The maximum absolute atomic E-state index is 12.5. The molecule has 1 aromatic carbocycles. The van der Waals surface area contributed by atoms with E-state index in [1.54, 1.807) is 17.2 Å². The highest BCUT2D eigenvalue weighted by Crippen LogP contribution is 2.46. The molecule has 0 aromatic heterocycles. The van der Waals surface area contributed by atoms with Gasteiger partial charge in [0.25, 0.3) is 5.69 Å². The van der Waals surface area contributed by atoms with Gasteiger partial charge in [-0.15, -0.1) is 11.8 Å². The minimum atomic E-state index is -0.583. The van der Waals surface area contributed by atoms with Crippen molar-refractivity contribution >= 4 is 47.0 Å². The second kappa shape index (κ2) is 9.98. The molecule has 1 unspecified atom stereocenters. The van der Waals surface area contributed by atoms with E-state index in [0.29, 0.717) is 12.1 Å². The van der Waals surface area contributed by atoms with Crippen molar-refractivity contribution in [3.8, 4) is 0 Å². The number of non-ortho nitro benzene ring substituents is 1. The van der Waals surface area contributed by atoms with E-state index in [4.69, 9.17) is 4.74 Å². The Labute approximate surface area is 181 Å². The molecule has 1 fully saturated rings. The second-order valence-electron chi connectivity index (χ2n) is 6.73. The molecule has 1 N–H and O–H groups in total. The van der Waals surface area contributed by atoms with Crippen molar-refractivity contribution in [2.75, 3.05) is 18.1 Å². The van der Waals surface area contributed by atoms with Crippen LogP contribution in [-0.4, -0.2) is 51.0 Å². The van der Waals surface area contributed by atoms with Crippen LogP contribution in [0.4, 0.5) is 5.69 Å². The van der Waals surface area contributed by atoms with E-state index in [0.717, 1.165) is 17.9 Å². The average Bonchev–Trinajstić information content (AvgIpc) is 3.11. The number of nitrogens with one attached hydrogen (secondary N) is 1. The first-order chi connectivity index (χ1) is 14.4. The smallest absolute Gasteiger partial charge is 0.355 e. The molecule has 2 aliphatic heterocycles. The molecule has 3 rings (SSSR count). The predicted octanol–water partition coefficient (Wildman–Crippen LogP) is 2.27. The Bertz CT molecular complexity index is 874. The van der Waals surface area contributed by atoms with Gasteiger partial charge in [-0.3, -0.25) is 24.6 Å². The van der Waals surface area contributed by atoms with E-state index in [9.17, 15) is 24.5 Å². The van der Waals surface area contributed by atoms with Crippen molar-refractivity contribution in [3.63, 3.8) is 0 Å². The Balaban J connectivity index is 1.41. The van der Waals surface area contributed by atoms with Gasteiger partial charge in [0, 0.05) is 36.8 Å². The fourth-order valence-electron chi connectivity index (χ4n) is 3.09. The molecule has 9 nitrogen and oxygen atoms in total. The summed E-state index contributed by atoms with van der Waals surface area (Å²) in [6.45, 7) is 2.06. The lowest BCUT2D eigenvalue weighted by atomic mass is 9.95. The molecule has 0 bridgehead atoms. The lowest BCUT2D eigenvalue weighted by Crippen LogP contribution is -2.57. The van der Waals surface area contributed by atoms with Gasteiger partial charge in [0.15, 0.2) is 0 Å². The first-order valence-electron chi connectivity index (χ1n) is 9.30. The number of nitro groups is 1. The number of ether oxygens (including phenoxy) is 1. The third kappa shape index (κ3) is 5.14. The van der Waals surface area contributed by atoms with Crippen LogP contribution >= 0.6 is 23.5 Å². The van der Waals surface area contributed by atoms with Crippen molar-refractivity contribution in [2.45, 2.75) is 25.3 Å². The van der Waals surface area contributed by atoms with Gasteiger partial charge in [0.05, 0.1) is 16.2 Å². The summed E-state index contributed by atoms with van der Waals surface area (Å²) in [6.07, 6.45) is 0.719. The number of esters is 1.